The normalized spacial score (nSPS) is 14.5. The van der Waals surface area contributed by atoms with Crippen molar-refractivity contribution in [2.24, 2.45) is 5.41 Å². The first kappa shape index (κ1) is 26.0. The fraction of sp³-hybridized carbons (Fsp3) is 0.360. The molecule has 0 bridgehead atoms. The predicted molar refractivity (Wildman–Crippen MR) is 128 cm³/mol. The maximum atomic E-state index is 13.2. The van der Waals surface area contributed by atoms with Crippen LogP contribution in [0.15, 0.2) is 41.5 Å². The second-order valence-electron chi connectivity index (χ2n) is 8.93. The van der Waals surface area contributed by atoms with E-state index in [1.54, 1.807) is 19.9 Å². The molecular weight excluding hydrogens is 493 g/mol. The van der Waals surface area contributed by atoms with Gasteiger partial charge >= 0.3 is 12.1 Å². The molecule has 0 saturated heterocycles. The van der Waals surface area contributed by atoms with Crippen molar-refractivity contribution in [3.8, 4) is 17.3 Å². The van der Waals surface area contributed by atoms with E-state index in [1.807, 2.05) is 0 Å². The van der Waals surface area contributed by atoms with Crippen LogP contribution in [0.25, 0.3) is 5.82 Å². The lowest BCUT2D eigenvalue weighted by Gasteiger charge is -2.37. The Bertz CT molecular complexity index is 1380. The fourth-order valence-electron chi connectivity index (χ4n) is 4.15. The zero-order valence-electron chi connectivity index (χ0n) is 20.3. The van der Waals surface area contributed by atoms with Gasteiger partial charge in [0.1, 0.15) is 29.3 Å². The number of rotatable bonds is 8. The summed E-state index contributed by atoms with van der Waals surface area (Å²) in [7, 11) is 1.22. The Hall–Kier alpha value is -4.09. The highest BCUT2D eigenvalue weighted by Crippen LogP contribution is 2.42. The van der Waals surface area contributed by atoms with Gasteiger partial charge in [-0.15, -0.1) is 0 Å². The maximum Gasteiger partial charge on any atom is 0.416 e. The van der Waals surface area contributed by atoms with Crippen molar-refractivity contribution in [1.29, 1.82) is 0 Å². The van der Waals surface area contributed by atoms with Crippen molar-refractivity contribution < 1.29 is 32.5 Å². The molecule has 4 rings (SSSR count). The fourth-order valence-corrected chi connectivity index (χ4v) is 4.15. The summed E-state index contributed by atoms with van der Waals surface area (Å²) >= 11 is 0. The van der Waals surface area contributed by atoms with Gasteiger partial charge in [-0.25, -0.2) is 9.97 Å². The summed E-state index contributed by atoms with van der Waals surface area (Å²) in [5, 5.41) is 12.3. The standard InChI is InChI=1S/C25H25F3N4O5/c1-14-11-19(30-15(2)20(14)37-13-24(23(34)35)7-4-8-24)32-10-9-29-21(22(32)33)31-17-6-5-16(25(26,27)28)12-18(17)36-3/h5-6,9-12H,4,7-8,13H2,1-3H3,(H,29,31)(H,34,35). The Kier molecular flexibility index (Phi) is 6.85. The number of anilines is 2. The highest BCUT2D eigenvalue weighted by atomic mass is 19.4. The van der Waals surface area contributed by atoms with Gasteiger partial charge in [-0.1, -0.05) is 6.42 Å². The number of carboxylic acids is 1. The number of aromatic nitrogens is 3. The minimum Gasteiger partial charge on any atom is -0.495 e. The van der Waals surface area contributed by atoms with E-state index in [4.69, 9.17) is 9.47 Å². The topological polar surface area (TPSA) is 116 Å². The number of pyridine rings is 1. The van der Waals surface area contributed by atoms with Crippen LogP contribution in [-0.4, -0.2) is 39.3 Å². The average molecular weight is 518 g/mol. The molecule has 1 aromatic carbocycles. The number of aliphatic carboxylic acids is 1. The summed E-state index contributed by atoms with van der Waals surface area (Å²) in [6, 6.07) is 4.48. The van der Waals surface area contributed by atoms with Crippen LogP contribution in [-0.2, 0) is 11.0 Å². The van der Waals surface area contributed by atoms with Crippen molar-refractivity contribution in [2.45, 2.75) is 39.3 Å². The second kappa shape index (κ2) is 9.75. The SMILES string of the molecule is COc1cc(C(F)(F)F)ccc1Nc1nccn(-c2cc(C)c(OCC3(C(=O)O)CCC3)c(C)n2)c1=O. The van der Waals surface area contributed by atoms with Crippen LogP contribution < -0.4 is 20.3 Å². The van der Waals surface area contributed by atoms with Crippen LogP contribution in [0.4, 0.5) is 24.7 Å². The lowest BCUT2D eigenvalue weighted by molar-refractivity contribution is -0.157. The highest BCUT2D eigenvalue weighted by Gasteiger charge is 2.45. The molecule has 12 heteroatoms. The number of carboxylic acid groups (broad SMARTS) is 1. The molecule has 0 unspecified atom stereocenters. The van der Waals surface area contributed by atoms with Crippen molar-refractivity contribution in [3.05, 3.63) is 63.8 Å². The van der Waals surface area contributed by atoms with Crippen molar-refractivity contribution in [1.82, 2.24) is 14.5 Å². The number of benzene rings is 1. The smallest absolute Gasteiger partial charge is 0.416 e. The third-order valence-corrected chi connectivity index (χ3v) is 6.44. The summed E-state index contributed by atoms with van der Waals surface area (Å²) in [6.45, 7) is 3.49. The molecule has 196 valence electrons. The van der Waals surface area contributed by atoms with Gasteiger partial charge in [0.2, 0.25) is 0 Å². The lowest BCUT2D eigenvalue weighted by Crippen LogP contribution is -2.43. The van der Waals surface area contributed by atoms with Gasteiger partial charge in [0.05, 0.1) is 24.1 Å². The summed E-state index contributed by atoms with van der Waals surface area (Å²) < 4.78 is 51.3. The van der Waals surface area contributed by atoms with Crippen LogP contribution in [0, 0.1) is 19.3 Å². The first-order chi connectivity index (χ1) is 17.4. The number of nitrogens with zero attached hydrogens (tertiary/aromatic N) is 3. The molecule has 2 heterocycles. The van der Waals surface area contributed by atoms with E-state index < -0.39 is 28.7 Å². The van der Waals surface area contributed by atoms with Gasteiger partial charge in [0.15, 0.2) is 5.82 Å². The van der Waals surface area contributed by atoms with E-state index in [-0.39, 0.29) is 29.7 Å². The third-order valence-electron chi connectivity index (χ3n) is 6.44. The van der Waals surface area contributed by atoms with Gasteiger partial charge in [-0.2, -0.15) is 13.2 Å². The first-order valence-corrected chi connectivity index (χ1v) is 11.4. The lowest BCUT2D eigenvalue weighted by atomic mass is 9.69. The van der Waals surface area contributed by atoms with Crippen LogP contribution in [0.5, 0.6) is 11.5 Å². The number of aryl methyl sites for hydroxylation is 2. The van der Waals surface area contributed by atoms with E-state index in [1.165, 1.54) is 24.1 Å². The molecule has 1 fully saturated rings. The Balaban J connectivity index is 1.61. The predicted octanol–water partition coefficient (Wildman–Crippen LogP) is 4.65. The highest BCUT2D eigenvalue weighted by molar-refractivity contribution is 5.76. The van der Waals surface area contributed by atoms with E-state index in [9.17, 15) is 27.9 Å². The van der Waals surface area contributed by atoms with Crippen LogP contribution in [0.1, 0.15) is 36.1 Å². The molecule has 0 aliphatic heterocycles. The number of hydrogen-bond donors (Lipinski definition) is 2. The van der Waals surface area contributed by atoms with E-state index in [0.29, 0.717) is 29.8 Å². The molecule has 37 heavy (non-hydrogen) atoms. The molecule has 1 saturated carbocycles. The number of halogens is 3. The van der Waals surface area contributed by atoms with Gasteiger partial charge in [-0.3, -0.25) is 14.2 Å². The first-order valence-electron chi connectivity index (χ1n) is 11.4. The molecule has 9 nitrogen and oxygen atoms in total. The molecule has 2 N–H and O–H groups in total. The van der Waals surface area contributed by atoms with E-state index in [2.05, 4.69) is 15.3 Å². The summed E-state index contributed by atoms with van der Waals surface area (Å²) in [5.41, 5.74) is -1.12. The van der Waals surface area contributed by atoms with Crippen LogP contribution in [0.3, 0.4) is 0 Å². The Morgan fingerprint density at radius 1 is 1.24 bits per heavy atom. The molecule has 1 aliphatic carbocycles. The quantitative estimate of drug-likeness (QED) is 0.443. The third kappa shape index (κ3) is 5.09. The molecule has 1 aliphatic rings. The van der Waals surface area contributed by atoms with Crippen molar-refractivity contribution >= 4 is 17.5 Å². The van der Waals surface area contributed by atoms with Crippen LogP contribution in [0.2, 0.25) is 0 Å². The molecule has 0 atom stereocenters. The van der Waals surface area contributed by atoms with Gasteiger partial charge in [0, 0.05) is 12.4 Å². The van der Waals surface area contributed by atoms with Gasteiger partial charge in [0.25, 0.3) is 5.56 Å². The van der Waals surface area contributed by atoms with Crippen molar-refractivity contribution in [3.63, 3.8) is 0 Å². The minimum absolute atomic E-state index is 0.0310. The number of methoxy groups -OCH3 is 1. The summed E-state index contributed by atoms with van der Waals surface area (Å²) in [5.74, 6) is -0.415. The van der Waals surface area contributed by atoms with Crippen LogP contribution >= 0.6 is 0 Å². The summed E-state index contributed by atoms with van der Waals surface area (Å²) in [6.07, 6.45) is 0.157. The van der Waals surface area contributed by atoms with Gasteiger partial charge in [-0.05, 0) is 56.5 Å². The number of alkyl halides is 3. The molecular formula is C25H25F3N4O5. The minimum atomic E-state index is -4.55. The molecule has 0 radical (unpaired) electrons. The zero-order chi connectivity index (χ0) is 27.0. The zero-order valence-corrected chi connectivity index (χ0v) is 20.3. The monoisotopic (exact) mass is 518 g/mol. The second-order valence-corrected chi connectivity index (χ2v) is 8.93. The molecule has 2 aromatic heterocycles. The number of nitrogens with one attached hydrogen (secondary N) is 1. The Morgan fingerprint density at radius 3 is 2.54 bits per heavy atom. The largest absolute Gasteiger partial charge is 0.495 e. The average Bonchev–Trinajstić information content (AvgIpc) is 2.80. The summed E-state index contributed by atoms with van der Waals surface area (Å²) in [4.78, 5) is 33.3. The Labute approximate surface area is 209 Å². The van der Waals surface area contributed by atoms with Crippen molar-refractivity contribution in [2.75, 3.05) is 19.0 Å². The van der Waals surface area contributed by atoms with E-state index >= 15 is 0 Å². The molecule has 0 amide bonds. The maximum absolute atomic E-state index is 13.2. The molecule has 0 spiro atoms. The molecule has 3 aromatic rings. The number of ether oxygens (including phenoxy) is 2. The van der Waals surface area contributed by atoms with Gasteiger partial charge < -0.3 is 19.9 Å². The number of hydrogen-bond acceptors (Lipinski definition) is 7. The van der Waals surface area contributed by atoms with E-state index in [0.717, 1.165) is 24.6 Å². The number of carbonyl (C=O) groups is 1. The Morgan fingerprint density at radius 2 is 1.97 bits per heavy atom.